The van der Waals surface area contributed by atoms with E-state index in [-0.39, 0.29) is 13.0 Å². The van der Waals surface area contributed by atoms with E-state index in [1.807, 2.05) is 43.3 Å². The highest BCUT2D eigenvalue weighted by Gasteiger charge is 2.23. The highest BCUT2D eigenvalue weighted by atomic mass is 16.6. The molecule has 0 amide bonds. The fraction of sp³-hybridized carbons (Fsp3) is 0.478. The van der Waals surface area contributed by atoms with Gasteiger partial charge in [0.15, 0.2) is 6.10 Å². The maximum Gasteiger partial charge on any atom is 0.347 e. The zero-order valence-corrected chi connectivity index (χ0v) is 17.0. The maximum absolute atomic E-state index is 12.4. The number of benzene rings is 1. The van der Waals surface area contributed by atoms with Gasteiger partial charge in [-0.15, -0.1) is 0 Å². The third-order valence-corrected chi connectivity index (χ3v) is 4.11. The van der Waals surface area contributed by atoms with Gasteiger partial charge in [-0.05, 0) is 58.1 Å². The minimum absolute atomic E-state index is 0.199. The molecule has 0 aliphatic rings. The predicted molar refractivity (Wildman–Crippen MR) is 108 cm³/mol. The smallest absolute Gasteiger partial charge is 0.347 e. The number of carbonyl (C=O) groups excluding carboxylic acids is 2. The third kappa shape index (κ3) is 10.4. The summed E-state index contributed by atoms with van der Waals surface area (Å²) in [5, 5.41) is 0. The lowest BCUT2D eigenvalue weighted by molar-refractivity contribution is -0.167. The van der Waals surface area contributed by atoms with Gasteiger partial charge in [-0.3, -0.25) is 4.79 Å². The fourth-order valence-corrected chi connectivity index (χ4v) is 2.46. The van der Waals surface area contributed by atoms with E-state index in [1.54, 1.807) is 6.92 Å². The summed E-state index contributed by atoms with van der Waals surface area (Å²) >= 11 is 0. The number of rotatable bonds is 11. The van der Waals surface area contributed by atoms with Gasteiger partial charge in [0.05, 0.1) is 0 Å². The zero-order chi connectivity index (χ0) is 20.1. The molecule has 0 aromatic heterocycles. The van der Waals surface area contributed by atoms with E-state index in [9.17, 15) is 9.59 Å². The molecular formula is C23H32O4. The molecule has 0 saturated heterocycles. The molecule has 0 saturated carbocycles. The third-order valence-electron chi connectivity index (χ3n) is 4.11. The monoisotopic (exact) mass is 372 g/mol. The molecule has 0 radical (unpaired) electrons. The Morgan fingerprint density at radius 2 is 1.78 bits per heavy atom. The number of esters is 2. The van der Waals surface area contributed by atoms with E-state index in [1.165, 1.54) is 11.1 Å². The van der Waals surface area contributed by atoms with E-state index in [0.29, 0.717) is 12.8 Å². The van der Waals surface area contributed by atoms with Gasteiger partial charge in [-0.25, -0.2) is 4.79 Å². The second kappa shape index (κ2) is 12.9. The van der Waals surface area contributed by atoms with E-state index in [4.69, 9.17) is 9.47 Å². The largest absolute Gasteiger partial charge is 0.459 e. The Morgan fingerprint density at radius 1 is 1.07 bits per heavy atom. The Kier molecular flexibility index (Phi) is 10.8. The van der Waals surface area contributed by atoms with Crippen molar-refractivity contribution in [1.82, 2.24) is 0 Å². The Morgan fingerprint density at radius 3 is 2.41 bits per heavy atom. The van der Waals surface area contributed by atoms with Gasteiger partial charge in [0, 0.05) is 6.42 Å². The van der Waals surface area contributed by atoms with Crippen molar-refractivity contribution in [2.45, 2.75) is 65.9 Å². The second-order valence-electron chi connectivity index (χ2n) is 6.86. The van der Waals surface area contributed by atoms with Crippen LogP contribution in [-0.2, 0) is 25.5 Å². The van der Waals surface area contributed by atoms with Crippen LogP contribution in [0.25, 0.3) is 0 Å². The van der Waals surface area contributed by atoms with Crippen molar-refractivity contribution in [1.29, 1.82) is 0 Å². The molecule has 1 rings (SSSR count). The number of hydrogen-bond donors (Lipinski definition) is 0. The summed E-state index contributed by atoms with van der Waals surface area (Å²) in [6, 6.07) is 9.82. The Bertz CT molecular complexity index is 640. The number of allylic oxidation sites excluding steroid dienone is 3. The van der Waals surface area contributed by atoms with Crippen LogP contribution in [0.5, 0.6) is 0 Å². The molecule has 0 fully saturated rings. The lowest BCUT2D eigenvalue weighted by atomic mass is 10.1. The molecular weight excluding hydrogens is 340 g/mol. The molecule has 0 aliphatic heterocycles. The van der Waals surface area contributed by atoms with Crippen LogP contribution in [0.1, 0.15) is 58.9 Å². The summed E-state index contributed by atoms with van der Waals surface area (Å²) in [5.74, 6) is -0.875. The topological polar surface area (TPSA) is 52.6 Å². The number of hydrogen-bond acceptors (Lipinski definition) is 4. The van der Waals surface area contributed by atoms with E-state index < -0.39 is 18.0 Å². The first kappa shape index (κ1) is 22.7. The van der Waals surface area contributed by atoms with Crippen LogP contribution >= 0.6 is 0 Å². The lowest BCUT2D eigenvalue weighted by Gasteiger charge is -2.16. The van der Waals surface area contributed by atoms with E-state index >= 15 is 0 Å². The van der Waals surface area contributed by atoms with Gasteiger partial charge in [0.1, 0.15) is 6.61 Å². The van der Waals surface area contributed by atoms with Gasteiger partial charge < -0.3 is 9.47 Å². The Labute approximate surface area is 163 Å². The fourth-order valence-electron chi connectivity index (χ4n) is 2.46. The predicted octanol–water partition coefficient (Wildman–Crippen LogP) is 5.18. The number of carbonyl (C=O) groups is 2. The zero-order valence-electron chi connectivity index (χ0n) is 17.0. The molecule has 0 heterocycles. The molecule has 0 aliphatic carbocycles. The molecule has 1 unspecified atom stereocenters. The second-order valence-corrected chi connectivity index (χ2v) is 6.86. The van der Waals surface area contributed by atoms with Gasteiger partial charge in [0.2, 0.25) is 0 Å². The molecule has 4 nitrogen and oxygen atoms in total. The van der Waals surface area contributed by atoms with E-state index in [2.05, 4.69) is 19.9 Å². The first-order valence-electron chi connectivity index (χ1n) is 9.61. The molecule has 27 heavy (non-hydrogen) atoms. The average molecular weight is 373 g/mol. The van der Waals surface area contributed by atoms with Crippen LogP contribution < -0.4 is 0 Å². The van der Waals surface area contributed by atoms with Crippen LogP contribution in [0.4, 0.5) is 0 Å². The van der Waals surface area contributed by atoms with Gasteiger partial charge in [-0.2, -0.15) is 0 Å². The van der Waals surface area contributed by atoms with Crippen molar-refractivity contribution in [3.05, 3.63) is 59.2 Å². The molecule has 1 aromatic rings. The maximum atomic E-state index is 12.4. The molecule has 1 aromatic carbocycles. The highest BCUT2D eigenvalue weighted by Crippen LogP contribution is 2.11. The van der Waals surface area contributed by atoms with Crippen LogP contribution in [0.3, 0.4) is 0 Å². The summed E-state index contributed by atoms with van der Waals surface area (Å²) < 4.78 is 10.6. The van der Waals surface area contributed by atoms with Crippen LogP contribution in [0.2, 0.25) is 0 Å². The molecule has 148 valence electrons. The molecule has 4 heteroatoms. The summed E-state index contributed by atoms with van der Waals surface area (Å²) in [7, 11) is 0. The van der Waals surface area contributed by atoms with Crippen molar-refractivity contribution >= 4 is 11.9 Å². The van der Waals surface area contributed by atoms with Gasteiger partial charge in [0.25, 0.3) is 0 Å². The van der Waals surface area contributed by atoms with Gasteiger partial charge >= 0.3 is 11.9 Å². The van der Waals surface area contributed by atoms with Crippen molar-refractivity contribution in [2.75, 3.05) is 6.61 Å². The minimum atomic E-state index is -0.864. The van der Waals surface area contributed by atoms with Crippen LogP contribution in [0, 0.1) is 0 Å². The Balaban J connectivity index is 2.54. The summed E-state index contributed by atoms with van der Waals surface area (Å²) in [6.45, 7) is 8.09. The molecule has 0 bridgehead atoms. The number of aryl methyl sites for hydroxylation is 1. The lowest BCUT2D eigenvalue weighted by Crippen LogP contribution is -2.29. The number of ether oxygens (including phenoxy) is 2. The summed E-state index contributed by atoms with van der Waals surface area (Å²) in [5.41, 5.74) is 3.57. The molecule has 0 N–H and O–H groups in total. The summed E-state index contributed by atoms with van der Waals surface area (Å²) in [4.78, 5) is 24.0. The molecule has 0 spiro atoms. The van der Waals surface area contributed by atoms with Crippen molar-refractivity contribution in [3.8, 4) is 0 Å². The Hall–Kier alpha value is -2.36. The van der Waals surface area contributed by atoms with Crippen molar-refractivity contribution in [3.63, 3.8) is 0 Å². The van der Waals surface area contributed by atoms with Crippen molar-refractivity contribution < 1.29 is 19.1 Å². The quantitative estimate of drug-likeness (QED) is 0.397. The standard InChI is InChI=1S/C23H32O4/c1-5-22(24)27-21(15-14-20-12-7-6-8-13-20)23(25)26-17-16-19(4)11-9-10-18(2)3/h6-8,10,12-13,16,21H,5,9,11,14-15,17H2,1-4H3/b19-16+. The average Bonchev–Trinajstić information content (AvgIpc) is 2.65. The summed E-state index contributed by atoms with van der Waals surface area (Å²) in [6.07, 6.45) is 6.44. The van der Waals surface area contributed by atoms with E-state index in [0.717, 1.165) is 18.4 Å². The van der Waals surface area contributed by atoms with Crippen LogP contribution in [-0.4, -0.2) is 24.6 Å². The van der Waals surface area contributed by atoms with Crippen molar-refractivity contribution in [2.24, 2.45) is 0 Å². The SMILES string of the molecule is CCC(=O)OC(CCc1ccccc1)C(=O)OC/C=C(\C)CCC=C(C)C. The molecule has 1 atom stereocenters. The van der Waals surface area contributed by atoms with Crippen LogP contribution in [0.15, 0.2) is 53.6 Å². The first-order chi connectivity index (χ1) is 12.9. The highest BCUT2D eigenvalue weighted by molar-refractivity contribution is 5.79. The normalized spacial score (nSPS) is 12.2. The minimum Gasteiger partial charge on any atom is -0.459 e. The van der Waals surface area contributed by atoms with Gasteiger partial charge in [-0.1, -0.05) is 54.5 Å². The first-order valence-corrected chi connectivity index (χ1v) is 9.61.